The summed E-state index contributed by atoms with van der Waals surface area (Å²) >= 11 is 6.75. The number of piperazine rings is 1. The molecule has 0 radical (unpaired) electrons. The molecule has 10 nitrogen and oxygen atoms in total. The van der Waals surface area contributed by atoms with Crippen molar-refractivity contribution < 1.29 is 32.6 Å². The van der Waals surface area contributed by atoms with Crippen LogP contribution in [0, 0.1) is 11.6 Å². The Morgan fingerprint density at radius 2 is 1.93 bits per heavy atom. The Morgan fingerprint density at radius 3 is 2.61 bits per heavy atom. The number of benzene rings is 2. The molecule has 1 fully saturated rings. The van der Waals surface area contributed by atoms with E-state index in [1.807, 2.05) is 30.8 Å². The number of anilines is 2. The van der Waals surface area contributed by atoms with Gasteiger partial charge in [-0.25, -0.2) is 23.4 Å². The average Bonchev–Trinajstić information content (AvgIpc) is 3.01. The van der Waals surface area contributed by atoms with Gasteiger partial charge in [0.2, 0.25) is 11.8 Å². The average molecular weight is 650 g/mol. The van der Waals surface area contributed by atoms with Gasteiger partial charge in [-0.3, -0.25) is 4.79 Å². The summed E-state index contributed by atoms with van der Waals surface area (Å²) in [5.74, 6) is -1.07. The second-order valence-electron chi connectivity index (χ2n) is 11.6. The fourth-order valence-electron chi connectivity index (χ4n) is 6.50. The highest BCUT2D eigenvalue weighted by Crippen LogP contribution is 2.53. The number of ether oxygens (including phenoxy) is 2. The van der Waals surface area contributed by atoms with Gasteiger partial charge in [0.25, 0.3) is 0 Å². The van der Waals surface area contributed by atoms with Gasteiger partial charge >= 0.3 is 5.97 Å². The Morgan fingerprint density at radius 1 is 1.17 bits per heavy atom. The van der Waals surface area contributed by atoms with Gasteiger partial charge in [-0.15, -0.1) is 0 Å². The highest BCUT2D eigenvalue weighted by Gasteiger charge is 2.48. The molecule has 3 atom stereocenters. The standard InChI is InChI=1S/C33H30ClF2N5O5/c1-6-25(43)39-15-22-23(16-42)41-14-18(13-38(4)5)45-33-32(41)31(40(22)12-17(39)3)19-11-20(34)27(29(36)30(19)37-33)28-21(35)9-8-10-24(28)46-26(44)7-2/h6-11,17-18,22H,1-2,12-15H2,3-5H3/t17-,18+,22-/m1/s1. The maximum absolute atomic E-state index is 16.9. The van der Waals surface area contributed by atoms with Crippen LogP contribution in [0.2, 0.25) is 5.02 Å². The van der Waals surface area contributed by atoms with Crippen molar-refractivity contribution in [2.24, 2.45) is 0 Å². The molecule has 3 aromatic rings. The SMILES string of the molecule is C=CC(=O)Oc1cccc(F)c1-c1c(Cl)cc2c3c4c(nc2c1F)O[C@@H](CN(C)C)CN4C(=C=O)[C@H]1CN(C(=O)C=C)[C@H](C)CN31. The molecule has 0 saturated carbocycles. The molecular weight excluding hydrogens is 620 g/mol. The molecule has 0 unspecified atom stereocenters. The van der Waals surface area contributed by atoms with Crippen LogP contribution in [0.15, 0.2) is 55.3 Å². The van der Waals surface area contributed by atoms with Gasteiger partial charge in [-0.1, -0.05) is 30.8 Å². The van der Waals surface area contributed by atoms with Gasteiger partial charge in [-0.2, -0.15) is 0 Å². The lowest BCUT2D eigenvalue weighted by Gasteiger charge is -2.53. The molecule has 3 aliphatic heterocycles. The monoisotopic (exact) mass is 649 g/mol. The van der Waals surface area contributed by atoms with E-state index in [2.05, 4.69) is 24.1 Å². The minimum Gasteiger partial charge on any atom is -0.470 e. The van der Waals surface area contributed by atoms with E-state index in [0.717, 1.165) is 12.1 Å². The Kier molecular flexibility index (Phi) is 8.05. The summed E-state index contributed by atoms with van der Waals surface area (Å²) in [5.41, 5.74) is 0.354. The van der Waals surface area contributed by atoms with E-state index in [1.165, 1.54) is 24.3 Å². The summed E-state index contributed by atoms with van der Waals surface area (Å²) in [5, 5.41) is 0.121. The van der Waals surface area contributed by atoms with Gasteiger partial charge < -0.3 is 29.1 Å². The summed E-state index contributed by atoms with van der Waals surface area (Å²) in [7, 11) is 3.74. The number of halogens is 3. The molecule has 2 aromatic carbocycles. The number of hydrogen-bond donors (Lipinski definition) is 0. The summed E-state index contributed by atoms with van der Waals surface area (Å²) in [6, 6.07) is 4.26. The first kappa shape index (κ1) is 31.2. The lowest BCUT2D eigenvalue weighted by atomic mass is 9.94. The molecule has 1 saturated heterocycles. The van der Waals surface area contributed by atoms with Crippen LogP contribution < -0.4 is 19.3 Å². The zero-order valence-electron chi connectivity index (χ0n) is 25.3. The van der Waals surface area contributed by atoms with Crippen LogP contribution in [0.1, 0.15) is 6.92 Å². The minimum atomic E-state index is -0.964. The number of carbonyl (C=O) groups is 2. The maximum Gasteiger partial charge on any atom is 0.335 e. The normalized spacial score (nSPS) is 20.1. The van der Waals surface area contributed by atoms with Crippen LogP contribution in [-0.2, 0) is 14.4 Å². The van der Waals surface area contributed by atoms with Crippen LogP contribution >= 0.6 is 11.6 Å². The van der Waals surface area contributed by atoms with Crippen molar-refractivity contribution in [2.45, 2.75) is 25.1 Å². The molecule has 13 heteroatoms. The second-order valence-corrected chi connectivity index (χ2v) is 12.0. The van der Waals surface area contributed by atoms with Crippen molar-refractivity contribution in [3.05, 3.63) is 71.9 Å². The lowest BCUT2D eigenvalue weighted by molar-refractivity contribution is -0.129. The van der Waals surface area contributed by atoms with Crippen LogP contribution in [0.25, 0.3) is 22.0 Å². The zero-order chi connectivity index (χ0) is 33.0. The van der Waals surface area contributed by atoms with Gasteiger partial charge in [-0.05, 0) is 45.3 Å². The Hall–Kier alpha value is -4.77. The minimum absolute atomic E-state index is 0.0723. The van der Waals surface area contributed by atoms with Crippen molar-refractivity contribution >= 4 is 51.7 Å². The van der Waals surface area contributed by atoms with Crippen LogP contribution in [0.5, 0.6) is 11.6 Å². The predicted octanol–water partition coefficient (Wildman–Crippen LogP) is 4.37. The molecule has 46 heavy (non-hydrogen) atoms. The van der Waals surface area contributed by atoms with E-state index >= 15 is 8.78 Å². The summed E-state index contributed by atoms with van der Waals surface area (Å²) in [6.45, 7) is 9.99. The Labute approximate surface area is 268 Å². The fraction of sp³-hybridized carbons (Fsp3) is 0.303. The Bertz CT molecular complexity index is 1880. The summed E-state index contributed by atoms with van der Waals surface area (Å²) in [6.07, 6.45) is 1.66. The number of hydrogen-bond acceptors (Lipinski definition) is 9. The first-order valence-electron chi connectivity index (χ1n) is 14.5. The maximum atomic E-state index is 16.9. The second kappa shape index (κ2) is 11.9. The van der Waals surface area contributed by atoms with Crippen molar-refractivity contribution in [1.29, 1.82) is 0 Å². The zero-order valence-corrected chi connectivity index (χ0v) is 26.1. The third kappa shape index (κ3) is 4.99. The van der Waals surface area contributed by atoms with E-state index in [-0.39, 0.29) is 70.3 Å². The van der Waals surface area contributed by atoms with Gasteiger partial charge in [0.05, 0.1) is 28.9 Å². The number of pyridine rings is 1. The highest BCUT2D eigenvalue weighted by atomic mass is 35.5. The Balaban J connectivity index is 1.63. The molecule has 238 valence electrons. The third-order valence-electron chi connectivity index (χ3n) is 8.39. The number of rotatable bonds is 6. The number of amides is 1. The van der Waals surface area contributed by atoms with E-state index in [4.69, 9.17) is 21.1 Å². The number of aromatic nitrogens is 1. The highest BCUT2D eigenvalue weighted by molar-refractivity contribution is 6.34. The van der Waals surface area contributed by atoms with Crippen molar-refractivity contribution in [3.8, 4) is 22.8 Å². The summed E-state index contributed by atoms with van der Waals surface area (Å²) in [4.78, 5) is 49.3. The van der Waals surface area contributed by atoms with E-state index in [9.17, 15) is 14.4 Å². The molecule has 0 aliphatic carbocycles. The molecule has 6 rings (SSSR count). The predicted molar refractivity (Wildman–Crippen MR) is 170 cm³/mol. The van der Waals surface area contributed by atoms with Gasteiger partial charge in [0.1, 0.15) is 40.5 Å². The molecule has 0 N–H and O–H groups in total. The molecule has 1 amide bonds. The summed E-state index contributed by atoms with van der Waals surface area (Å²) < 4.78 is 43.8. The van der Waals surface area contributed by atoms with Crippen LogP contribution in [0.3, 0.4) is 0 Å². The number of esters is 1. The van der Waals surface area contributed by atoms with Crippen molar-refractivity contribution in [1.82, 2.24) is 14.8 Å². The quantitative estimate of drug-likeness (QED) is 0.167. The molecular formula is C33H30ClF2N5O5. The van der Waals surface area contributed by atoms with E-state index < -0.39 is 29.7 Å². The molecule has 1 aromatic heterocycles. The topological polar surface area (TPSA) is 95.5 Å². The smallest absolute Gasteiger partial charge is 0.335 e. The number of carbonyl (C=O) groups excluding carboxylic acids is 3. The van der Waals surface area contributed by atoms with Crippen molar-refractivity contribution in [2.75, 3.05) is 50.1 Å². The molecule has 0 bridgehead atoms. The number of likely N-dealkylation sites (N-methyl/N-ethyl adjacent to an activating group) is 1. The number of nitrogens with zero attached hydrogens (tertiary/aromatic N) is 5. The van der Waals surface area contributed by atoms with Crippen LogP contribution in [0.4, 0.5) is 20.2 Å². The first-order valence-corrected chi connectivity index (χ1v) is 14.9. The molecule has 0 spiro atoms. The molecule has 4 heterocycles. The third-order valence-corrected chi connectivity index (χ3v) is 8.69. The van der Waals surface area contributed by atoms with Gasteiger partial charge in [0, 0.05) is 42.7 Å². The fourth-order valence-corrected chi connectivity index (χ4v) is 6.79. The van der Waals surface area contributed by atoms with E-state index in [0.29, 0.717) is 23.6 Å². The van der Waals surface area contributed by atoms with Crippen LogP contribution in [-0.4, -0.2) is 91.1 Å². The first-order chi connectivity index (χ1) is 22.0. The molecule has 3 aliphatic rings. The number of fused-ring (bicyclic) bond motifs is 4. The van der Waals surface area contributed by atoms with Crippen molar-refractivity contribution in [3.63, 3.8) is 0 Å². The lowest BCUT2D eigenvalue weighted by Crippen LogP contribution is -2.64. The van der Waals surface area contributed by atoms with E-state index in [1.54, 1.807) is 9.80 Å². The largest absolute Gasteiger partial charge is 0.470 e. The van der Waals surface area contributed by atoms with Gasteiger partial charge in [0.15, 0.2) is 5.82 Å².